The van der Waals surface area contributed by atoms with Gasteiger partial charge in [0.25, 0.3) is 0 Å². The van der Waals surface area contributed by atoms with Crippen LogP contribution in [0, 0.1) is 0 Å². The summed E-state index contributed by atoms with van der Waals surface area (Å²) >= 11 is 5.95. The Bertz CT molecular complexity index is 376. The van der Waals surface area contributed by atoms with Gasteiger partial charge in [-0.15, -0.1) is 0 Å². The van der Waals surface area contributed by atoms with Crippen LogP contribution in [0.4, 0.5) is 5.69 Å². The van der Waals surface area contributed by atoms with Gasteiger partial charge in [0.1, 0.15) is 5.75 Å². The van der Waals surface area contributed by atoms with E-state index in [9.17, 15) is 0 Å². The molecule has 0 fully saturated rings. The predicted molar refractivity (Wildman–Crippen MR) is 53.3 cm³/mol. The fourth-order valence-electron chi connectivity index (χ4n) is 1.25. The predicted octanol–water partition coefficient (Wildman–Crippen LogP) is 1.53. The van der Waals surface area contributed by atoms with E-state index in [-0.39, 0.29) is 0 Å². The second-order valence-electron chi connectivity index (χ2n) is 2.85. The average Bonchev–Trinajstić information content (AvgIpc) is 2.02. The Morgan fingerprint density at radius 2 is 2.15 bits per heavy atom. The molecule has 68 valence electrons. The number of rotatable bonds is 0. The third-order valence-corrected chi connectivity index (χ3v) is 2.17. The summed E-state index contributed by atoms with van der Waals surface area (Å²) in [5.41, 5.74) is 12.6. The van der Waals surface area contributed by atoms with Crippen LogP contribution in [0.15, 0.2) is 24.3 Å². The Morgan fingerprint density at radius 1 is 1.38 bits per heavy atom. The van der Waals surface area contributed by atoms with Crippen LogP contribution < -0.4 is 16.2 Å². The number of anilines is 1. The first-order valence-electron chi connectivity index (χ1n) is 3.86. The van der Waals surface area contributed by atoms with Gasteiger partial charge < -0.3 is 10.5 Å². The monoisotopic (exact) mass is 196 g/mol. The lowest BCUT2D eigenvalue weighted by atomic mass is 10.1. The van der Waals surface area contributed by atoms with Crippen molar-refractivity contribution >= 4 is 22.3 Å². The van der Waals surface area contributed by atoms with Crippen LogP contribution in [0.1, 0.15) is 5.56 Å². The van der Waals surface area contributed by atoms with Crippen molar-refractivity contribution in [3.8, 4) is 5.75 Å². The standard InChI is InChI=1S/C9H9ClN2O/c10-7-4-9(12)13-8-3-5(11)1-2-6(7)8/h1-4,9H,11-12H2. The van der Waals surface area contributed by atoms with Crippen molar-refractivity contribution in [2.45, 2.75) is 6.23 Å². The summed E-state index contributed by atoms with van der Waals surface area (Å²) in [6.45, 7) is 0. The number of benzene rings is 1. The normalized spacial score (nSPS) is 20.2. The molecule has 0 aliphatic carbocycles. The molecular formula is C9H9ClN2O. The number of fused-ring (bicyclic) bond motifs is 1. The Labute approximate surface area is 80.9 Å². The van der Waals surface area contributed by atoms with Crippen LogP contribution in [0.2, 0.25) is 0 Å². The number of hydrogen-bond donors (Lipinski definition) is 2. The summed E-state index contributed by atoms with van der Waals surface area (Å²) in [4.78, 5) is 0. The smallest absolute Gasteiger partial charge is 0.168 e. The van der Waals surface area contributed by atoms with Crippen molar-refractivity contribution in [3.05, 3.63) is 29.8 Å². The van der Waals surface area contributed by atoms with Crippen LogP contribution in [-0.2, 0) is 0 Å². The van der Waals surface area contributed by atoms with Crippen LogP contribution in [-0.4, -0.2) is 6.23 Å². The quantitative estimate of drug-likeness (QED) is 0.619. The highest BCUT2D eigenvalue weighted by atomic mass is 35.5. The number of hydrogen-bond acceptors (Lipinski definition) is 3. The van der Waals surface area contributed by atoms with Crippen molar-refractivity contribution < 1.29 is 4.74 Å². The van der Waals surface area contributed by atoms with Crippen LogP contribution in [0.5, 0.6) is 5.75 Å². The Hall–Kier alpha value is -1.19. The summed E-state index contributed by atoms with van der Waals surface area (Å²) in [6.07, 6.45) is 1.17. The number of ether oxygens (including phenoxy) is 1. The molecule has 1 aliphatic heterocycles. The van der Waals surface area contributed by atoms with E-state index in [2.05, 4.69) is 0 Å². The molecule has 0 saturated carbocycles. The molecule has 4 N–H and O–H groups in total. The van der Waals surface area contributed by atoms with E-state index in [1.807, 2.05) is 6.07 Å². The molecule has 1 aromatic carbocycles. The summed E-state index contributed by atoms with van der Waals surface area (Å²) in [7, 11) is 0. The van der Waals surface area contributed by atoms with Gasteiger partial charge in [0, 0.05) is 17.3 Å². The minimum atomic E-state index is -0.484. The van der Waals surface area contributed by atoms with Gasteiger partial charge in [-0.25, -0.2) is 0 Å². The maximum Gasteiger partial charge on any atom is 0.168 e. The molecule has 1 heterocycles. The number of halogens is 1. The molecule has 1 aliphatic rings. The van der Waals surface area contributed by atoms with E-state index < -0.39 is 6.23 Å². The maximum atomic E-state index is 5.95. The fourth-order valence-corrected chi connectivity index (χ4v) is 1.53. The zero-order valence-electron chi connectivity index (χ0n) is 6.83. The first-order valence-corrected chi connectivity index (χ1v) is 4.24. The molecular weight excluding hydrogens is 188 g/mol. The molecule has 0 saturated heterocycles. The van der Waals surface area contributed by atoms with Gasteiger partial charge >= 0.3 is 0 Å². The van der Waals surface area contributed by atoms with Crippen molar-refractivity contribution in [3.63, 3.8) is 0 Å². The zero-order valence-corrected chi connectivity index (χ0v) is 7.58. The first-order chi connectivity index (χ1) is 6.16. The summed E-state index contributed by atoms with van der Waals surface area (Å²) in [5, 5.41) is 0.605. The highest BCUT2D eigenvalue weighted by molar-refractivity contribution is 6.49. The molecule has 0 aromatic heterocycles. The highest BCUT2D eigenvalue weighted by Crippen LogP contribution is 2.34. The third-order valence-electron chi connectivity index (χ3n) is 1.84. The van der Waals surface area contributed by atoms with E-state index in [1.54, 1.807) is 18.2 Å². The Kier molecular flexibility index (Phi) is 1.90. The molecule has 1 unspecified atom stereocenters. The SMILES string of the molecule is Nc1ccc2c(c1)OC(N)C=C2Cl. The minimum Gasteiger partial charge on any atom is -0.471 e. The van der Waals surface area contributed by atoms with Crippen molar-refractivity contribution in [2.75, 3.05) is 5.73 Å². The second kappa shape index (κ2) is 2.94. The Morgan fingerprint density at radius 3 is 2.92 bits per heavy atom. The topological polar surface area (TPSA) is 61.3 Å². The fraction of sp³-hybridized carbons (Fsp3) is 0.111. The lowest BCUT2D eigenvalue weighted by molar-refractivity contribution is 0.254. The molecule has 1 aromatic rings. The molecule has 3 nitrogen and oxygen atoms in total. The number of nitrogen functional groups attached to an aromatic ring is 1. The molecule has 0 bridgehead atoms. The van der Waals surface area contributed by atoms with Gasteiger partial charge in [-0.05, 0) is 18.2 Å². The van der Waals surface area contributed by atoms with E-state index >= 15 is 0 Å². The van der Waals surface area contributed by atoms with E-state index in [0.717, 1.165) is 5.56 Å². The second-order valence-corrected chi connectivity index (χ2v) is 3.26. The highest BCUT2D eigenvalue weighted by Gasteiger charge is 2.16. The summed E-state index contributed by atoms with van der Waals surface area (Å²) < 4.78 is 5.32. The Balaban J connectivity index is 2.54. The molecule has 1 atom stereocenters. The average molecular weight is 197 g/mol. The van der Waals surface area contributed by atoms with Crippen LogP contribution in [0.25, 0.3) is 5.03 Å². The van der Waals surface area contributed by atoms with Gasteiger partial charge in [0.15, 0.2) is 6.23 Å². The molecule has 0 amide bonds. The van der Waals surface area contributed by atoms with Gasteiger partial charge in [-0.2, -0.15) is 0 Å². The van der Waals surface area contributed by atoms with Crippen molar-refractivity contribution in [1.82, 2.24) is 0 Å². The van der Waals surface area contributed by atoms with Crippen LogP contribution in [0.3, 0.4) is 0 Å². The first kappa shape index (κ1) is 8.41. The molecule has 0 radical (unpaired) electrons. The third kappa shape index (κ3) is 1.48. The molecule has 4 heteroatoms. The molecule has 2 rings (SSSR count). The summed E-state index contributed by atoms with van der Waals surface area (Å²) in [6, 6.07) is 5.30. The zero-order chi connectivity index (χ0) is 9.42. The van der Waals surface area contributed by atoms with Crippen molar-refractivity contribution in [1.29, 1.82) is 0 Å². The lowest BCUT2D eigenvalue weighted by Crippen LogP contribution is -2.27. The van der Waals surface area contributed by atoms with E-state index in [4.69, 9.17) is 27.8 Å². The largest absolute Gasteiger partial charge is 0.471 e. The van der Waals surface area contributed by atoms with Gasteiger partial charge in [0.2, 0.25) is 0 Å². The molecule has 0 spiro atoms. The van der Waals surface area contributed by atoms with Gasteiger partial charge in [0.05, 0.1) is 5.03 Å². The van der Waals surface area contributed by atoms with Gasteiger partial charge in [-0.1, -0.05) is 11.6 Å². The van der Waals surface area contributed by atoms with Gasteiger partial charge in [-0.3, -0.25) is 5.73 Å². The van der Waals surface area contributed by atoms with Crippen LogP contribution >= 0.6 is 11.6 Å². The number of nitrogens with two attached hydrogens (primary N) is 2. The van der Waals surface area contributed by atoms with E-state index in [1.165, 1.54) is 0 Å². The molecule has 13 heavy (non-hydrogen) atoms. The van der Waals surface area contributed by atoms with E-state index in [0.29, 0.717) is 16.5 Å². The minimum absolute atomic E-state index is 0.484. The summed E-state index contributed by atoms with van der Waals surface area (Å²) in [5.74, 6) is 0.639. The van der Waals surface area contributed by atoms with Crippen molar-refractivity contribution in [2.24, 2.45) is 5.73 Å². The lowest BCUT2D eigenvalue weighted by Gasteiger charge is -2.20. The maximum absolute atomic E-state index is 5.95.